The molecule has 2 aromatic rings. The lowest BCUT2D eigenvalue weighted by molar-refractivity contribution is -0.121. The van der Waals surface area contributed by atoms with Crippen LogP contribution in [-0.2, 0) is 16.1 Å². The van der Waals surface area contributed by atoms with Crippen molar-refractivity contribution in [2.75, 3.05) is 6.61 Å². The number of phenolic OH excluding ortho intramolecular Hbond substituents is 2. The minimum Gasteiger partial charge on any atom is -0.504 e. The molecule has 0 atom stereocenters. The number of carbonyl (C=O) groups is 1. The predicted octanol–water partition coefficient (Wildman–Crippen LogP) is 0.431. The molecular weight excluding hydrogens is 290 g/mol. The van der Waals surface area contributed by atoms with E-state index in [1.165, 1.54) is 12.1 Å². The number of rotatable bonds is 5. The molecule has 0 saturated carbocycles. The molecule has 0 aliphatic heterocycles. The highest BCUT2D eigenvalue weighted by molar-refractivity contribution is 5.85. The van der Waals surface area contributed by atoms with Crippen LogP contribution in [0.25, 0.3) is 11.0 Å². The molecule has 0 fully saturated rings. The second kappa shape index (κ2) is 6.85. The Kier molecular flexibility index (Phi) is 5.44. The highest BCUT2D eigenvalue weighted by Crippen LogP contribution is 2.30. The van der Waals surface area contributed by atoms with E-state index in [0.29, 0.717) is 11.2 Å². The second-order valence-electron chi connectivity index (χ2n) is 3.64. The van der Waals surface area contributed by atoms with Gasteiger partial charge in [-0.1, -0.05) is 0 Å². The maximum Gasteiger partial charge on any atom is 0.299 e. The summed E-state index contributed by atoms with van der Waals surface area (Å²) in [5.74, 6) is 4.28. The summed E-state index contributed by atoms with van der Waals surface area (Å²) in [6.45, 7) is 0.391. The maximum atomic E-state index is 10.4. The molecule has 0 bridgehead atoms. The predicted molar refractivity (Wildman–Crippen MR) is 70.7 cm³/mol. The molecule has 0 saturated heterocycles. The molecule has 108 valence electrons. The Morgan fingerprint density at radius 3 is 2.35 bits per heavy atom. The van der Waals surface area contributed by atoms with E-state index in [1.54, 1.807) is 0 Å². The van der Waals surface area contributed by atoms with Gasteiger partial charge in [0.1, 0.15) is 5.69 Å². The molecule has 1 aromatic carbocycles. The lowest BCUT2D eigenvalue weighted by atomic mass is 10.2. The number of hydrogen-bond acceptors (Lipinski definition) is 8. The van der Waals surface area contributed by atoms with Crippen LogP contribution < -0.4 is 10.6 Å². The van der Waals surface area contributed by atoms with Crippen LogP contribution in [0.3, 0.4) is 0 Å². The number of halogens is 1. The number of nitrogens with zero attached hydrogens (tertiary/aromatic N) is 2. The molecule has 20 heavy (non-hydrogen) atoms. The number of fused-ring (bicyclic) bond motifs is 1. The monoisotopic (exact) mass is 301 g/mol. The maximum absolute atomic E-state index is 10.4. The summed E-state index contributed by atoms with van der Waals surface area (Å²) in [6, 6.07) is 2.48. The minimum atomic E-state index is -0.336. The summed E-state index contributed by atoms with van der Waals surface area (Å²) in [7, 11) is 0. The van der Waals surface area contributed by atoms with E-state index in [-0.39, 0.29) is 54.8 Å². The number of carbonyl (C=O) groups excluding carboxylic acids is 1. The van der Waals surface area contributed by atoms with Crippen LogP contribution >= 0.6 is 12.4 Å². The molecular formula is C11H12ClN3O5. The number of benzene rings is 1. The first-order valence-corrected chi connectivity index (χ1v) is 5.30. The first kappa shape index (κ1) is 15.9. The molecule has 0 aliphatic carbocycles. The molecule has 0 spiro atoms. The van der Waals surface area contributed by atoms with Gasteiger partial charge in [0.05, 0.1) is 17.6 Å². The van der Waals surface area contributed by atoms with E-state index in [0.717, 1.165) is 0 Å². The van der Waals surface area contributed by atoms with E-state index in [4.69, 9.17) is 10.6 Å². The van der Waals surface area contributed by atoms with Gasteiger partial charge in [-0.25, -0.2) is 15.9 Å². The topological polar surface area (TPSA) is 128 Å². The number of aromatic nitrogens is 2. The number of phenols is 2. The number of aromatic hydroxyl groups is 2. The zero-order chi connectivity index (χ0) is 13.8. The quantitative estimate of drug-likeness (QED) is 0.412. The first-order valence-electron chi connectivity index (χ1n) is 5.30. The molecule has 4 N–H and O–H groups in total. The summed E-state index contributed by atoms with van der Waals surface area (Å²) in [5.41, 5.74) is 0.986. The molecule has 8 nitrogen and oxygen atoms in total. The molecule has 0 radical (unpaired) electrons. The molecule has 1 heterocycles. The van der Waals surface area contributed by atoms with E-state index >= 15 is 0 Å². The largest absolute Gasteiger partial charge is 0.504 e. The Hall–Kier alpha value is -2.16. The Balaban J connectivity index is 0.00000200. The average molecular weight is 302 g/mol. The molecule has 2 rings (SSSR count). The van der Waals surface area contributed by atoms with Crippen molar-refractivity contribution < 1.29 is 24.6 Å². The van der Waals surface area contributed by atoms with Gasteiger partial charge in [-0.05, 0) is 0 Å². The van der Waals surface area contributed by atoms with Gasteiger partial charge in [-0.15, -0.1) is 12.4 Å². The number of nitrogens with two attached hydrogens (primary N) is 1. The van der Waals surface area contributed by atoms with Crippen molar-refractivity contribution in [3.8, 4) is 17.4 Å². The van der Waals surface area contributed by atoms with Crippen LogP contribution in [0, 0.1) is 0 Å². The van der Waals surface area contributed by atoms with Crippen LogP contribution in [0.5, 0.6) is 17.4 Å². The van der Waals surface area contributed by atoms with Gasteiger partial charge in [-0.2, -0.15) is 0 Å². The SMILES string of the molecule is Cl.NOCCc1nc2cc(O)c(O)cc2nc1OC=O. The molecule has 0 unspecified atom stereocenters. The summed E-state index contributed by atoms with van der Waals surface area (Å²) in [6.07, 6.45) is 0.282. The lowest BCUT2D eigenvalue weighted by Gasteiger charge is -2.08. The average Bonchev–Trinajstić information content (AvgIpc) is 2.39. The van der Waals surface area contributed by atoms with Gasteiger partial charge >= 0.3 is 0 Å². The Bertz CT molecular complexity index is 623. The van der Waals surface area contributed by atoms with Crippen LogP contribution in [0.2, 0.25) is 0 Å². The summed E-state index contributed by atoms with van der Waals surface area (Å²) in [4.78, 5) is 23.1. The fourth-order valence-electron chi connectivity index (χ4n) is 1.56. The third kappa shape index (κ3) is 3.23. The van der Waals surface area contributed by atoms with Crippen molar-refractivity contribution in [3.05, 3.63) is 17.8 Å². The van der Waals surface area contributed by atoms with Gasteiger partial charge in [0.25, 0.3) is 6.47 Å². The van der Waals surface area contributed by atoms with Gasteiger partial charge in [-0.3, -0.25) is 4.79 Å². The Labute approximate surface area is 119 Å². The lowest BCUT2D eigenvalue weighted by Crippen LogP contribution is -2.08. The Morgan fingerprint density at radius 2 is 1.80 bits per heavy atom. The Morgan fingerprint density at radius 1 is 1.20 bits per heavy atom. The van der Waals surface area contributed by atoms with Crippen molar-refractivity contribution in [2.24, 2.45) is 5.90 Å². The van der Waals surface area contributed by atoms with Crippen molar-refractivity contribution in [1.82, 2.24) is 9.97 Å². The van der Waals surface area contributed by atoms with Crippen molar-refractivity contribution >= 4 is 29.9 Å². The molecule has 1 aromatic heterocycles. The summed E-state index contributed by atoms with van der Waals surface area (Å²) >= 11 is 0. The first-order chi connectivity index (χ1) is 9.15. The summed E-state index contributed by atoms with van der Waals surface area (Å²) in [5, 5.41) is 18.8. The van der Waals surface area contributed by atoms with Gasteiger partial charge < -0.3 is 19.8 Å². The third-order valence-corrected chi connectivity index (χ3v) is 2.41. The smallest absolute Gasteiger partial charge is 0.299 e. The molecule has 0 aliphatic rings. The van der Waals surface area contributed by atoms with E-state index in [9.17, 15) is 15.0 Å². The van der Waals surface area contributed by atoms with Crippen LogP contribution in [0.4, 0.5) is 0 Å². The van der Waals surface area contributed by atoms with Gasteiger partial charge in [0.2, 0.25) is 5.88 Å². The van der Waals surface area contributed by atoms with Crippen molar-refractivity contribution in [2.45, 2.75) is 6.42 Å². The van der Waals surface area contributed by atoms with Crippen LogP contribution in [-0.4, -0.2) is 33.3 Å². The standard InChI is InChI=1S/C11H11N3O5.ClH/c12-19-2-1-6-11(18-5-15)14-8-4-10(17)9(16)3-7(8)13-6;/h3-5,16-17H,1-2,12H2;1H. The number of ether oxygens (including phenoxy) is 1. The second-order valence-corrected chi connectivity index (χ2v) is 3.64. The zero-order valence-electron chi connectivity index (χ0n) is 10.1. The highest BCUT2D eigenvalue weighted by atomic mass is 35.5. The van der Waals surface area contributed by atoms with Crippen molar-refractivity contribution in [3.63, 3.8) is 0 Å². The summed E-state index contributed by atoms with van der Waals surface area (Å²) < 4.78 is 4.72. The van der Waals surface area contributed by atoms with Crippen molar-refractivity contribution in [1.29, 1.82) is 0 Å². The van der Waals surface area contributed by atoms with Crippen LogP contribution in [0.15, 0.2) is 12.1 Å². The number of hydrogen-bond donors (Lipinski definition) is 3. The normalized spacial score (nSPS) is 10.1. The van der Waals surface area contributed by atoms with E-state index in [2.05, 4.69) is 14.8 Å². The van der Waals surface area contributed by atoms with E-state index < -0.39 is 0 Å². The zero-order valence-corrected chi connectivity index (χ0v) is 11.0. The van der Waals surface area contributed by atoms with E-state index in [1.807, 2.05) is 0 Å². The highest BCUT2D eigenvalue weighted by Gasteiger charge is 2.12. The van der Waals surface area contributed by atoms with Gasteiger partial charge in [0.15, 0.2) is 11.5 Å². The molecule has 0 amide bonds. The fraction of sp³-hybridized carbons (Fsp3) is 0.182. The minimum absolute atomic E-state index is 0. The van der Waals surface area contributed by atoms with Crippen LogP contribution in [0.1, 0.15) is 5.69 Å². The fourth-order valence-corrected chi connectivity index (χ4v) is 1.56. The molecule has 9 heteroatoms. The van der Waals surface area contributed by atoms with Gasteiger partial charge in [0, 0.05) is 18.6 Å². The third-order valence-electron chi connectivity index (χ3n) is 2.41.